The summed E-state index contributed by atoms with van der Waals surface area (Å²) in [6.45, 7) is 0.415. The van der Waals surface area contributed by atoms with Gasteiger partial charge in [0.25, 0.3) is 0 Å². The molecule has 5 heteroatoms. The molecular formula is C20H15Cl2NO2. The molecule has 3 rings (SSSR count). The highest BCUT2D eigenvalue weighted by Crippen LogP contribution is 2.27. The first kappa shape index (κ1) is 17.3. The molecular weight excluding hydrogens is 357 g/mol. The lowest BCUT2D eigenvalue weighted by molar-refractivity contribution is 0.0698. The van der Waals surface area contributed by atoms with Crippen molar-refractivity contribution in [3.8, 4) is 11.1 Å². The topological polar surface area (TPSA) is 49.3 Å². The maximum atomic E-state index is 11.5. The lowest BCUT2D eigenvalue weighted by Gasteiger charge is -2.12. The van der Waals surface area contributed by atoms with Crippen LogP contribution in [-0.4, -0.2) is 11.1 Å². The van der Waals surface area contributed by atoms with Crippen molar-refractivity contribution >= 4 is 34.9 Å². The zero-order chi connectivity index (χ0) is 17.8. The highest BCUT2D eigenvalue weighted by molar-refractivity contribution is 6.34. The second-order valence-corrected chi connectivity index (χ2v) is 6.44. The molecule has 0 fully saturated rings. The Morgan fingerprint density at radius 3 is 2.20 bits per heavy atom. The minimum absolute atomic E-state index is 0.216. The van der Waals surface area contributed by atoms with Gasteiger partial charge in [-0.25, -0.2) is 4.79 Å². The monoisotopic (exact) mass is 371 g/mol. The second-order valence-electron chi connectivity index (χ2n) is 5.56. The van der Waals surface area contributed by atoms with Gasteiger partial charge >= 0.3 is 5.97 Å². The van der Waals surface area contributed by atoms with Crippen LogP contribution >= 0.6 is 23.2 Å². The van der Waals surface area contributed by atoms with Gasteiger partial charge in [0, 0.05) is 22.3 Å². The van der Waals surface area contributed by atoms with E-state index < -0.39 is 5.97 Å². The number of halogens is 2. The highest BCUT2D eigenvalue weighted by atomic mass is 35.5. The van der Waals surface area contributed by atoms with Crippen LogP contribution in [-0.2, 0) is 6.54 Å². The number of benzene rings is 3. The minimum Gasteiger partial charge on any atom is -0.478 e. The highest BCUT2D eigenvalue weighted by Gasteiger charge is 2.11. The summed E-state index contributed by atoms with van der Waals surface area (Å²) in [6, 6.07) is 20.3. The number of hydrogen-bond donors (Lipinski definition) is 2. The molecule has 3 aromatic carbocycles. The largest absolute Gasteiger partial charge is 0.478 e. The summed E-state index contributed by atoms with van der Waals surface area (Å²) in [5, 5.41) is 13.7. The Bertz CT molecular complexity index is 891. The maximum absolute atomic E-state index is 11.5. The quantitative estimate of drug-likeness (QED) is 0.580. The average Bonchev–Trinajstić information content (AvgIpc) is 2.59. The summed E-state index contributed by atoms with van der Waals surface area (Å²) < 4.78 is 0. The van der Waals surface area contributed by atoms with E-state index in [9.17, 15) is 9.90 Å². The van der Waals surface area contributed by atoms with Crippen LogP contribution in [0, 0.1) is 0 Å². The fraction of sp³-hybridized carbons (Fsp3) is 0.0500. The number of anilines is 1. The first-order valence-corrected chi connectivity index (χ1v) is 8.40. The van der Waals surface area contributed by atoms with Gasteiger partial charge in [0.05, 0.1) is 5.56 Å². The molecule has 0 spiro atoms. The molecule has 0 aromatic heterocycles. The van der Waals surface area contributed by atoms with Gasteiger partial charge in [-0.2, -0.15) is 0 Å². The minimum atomic E-state index is -0.980. The second kappa shape index (κ2) is 7.60. The van der Waals surface area contributed by atoms with E-state index in [-0.39, 0.29) is 5.56 Å². The molecule has 0 aliphatic heterocycles. The average molecular weight is 372 g/mol. The van der Waals surface area contributed by atoms with Crippen molar-refractivity contribution < 1.29 is 9.90 Å². The predicted octanol–water partition coefficient (Wildman–Crippen LogP) is 5.97. The van der Waals surface area contributed by atoms with Crippen molar-refractivity contribution in [2.45, 2.75) is 6.54 Å². The van der Waals surface area contributed by atoms with Crippen LogP contribution in [0.15, 0.2) is 66.7 Å². The Labute approximate surface area is 155 Å². The fourth-order valence-electron chi connectivity index (χ4n) is 2.60. The molecule has 3 aromatic rings. The van der Waals surface area contributed by atoms with Gasteiger partial charge in [-0.1, -0.05) is 59.6 Å². The molecule has 0 amide bonds. The first-order valence-electron chi connectivity index (χ1n) is 7.64. The normalized spacial score (nSPS) is 10.5. The molecule has 0 heterocycles. The molecule has 0 radical (unpaired) electrons. The van der Waals surface area contributed by atoms with E-state index in [1.54, 1.807) is 30.3 Å². The summed E-state index contributed by atoms with van der Waals surface area (Å²) >= 11 is 12.0. The number of carboxylic acid groups (broad SMARTS) is 1. The zero-order valence-electron chi connectivity index (χ0n) is 13.2. The van der Waals surface area contributed by atoms with Crippen LogP contribution in [0.1, 0.15) is 15.9 Å². The van der Waals surface area contributed by atoms with Gasteiger partial charge < -0.3 is 10.4 Å². The standard InChI is InChI=1S/C20H15Cl2NO2/c21-16-8-13(9-17(22)11-16)12-23-19-10-15(6-7-18(19)20(24)25)14-4-2-1-3-5-14/h1-11,23H,12H2,(H,24,25). The van der Waals surface area contributed by atoms with E-state index in [2.05, 4.69) is 5.32 Å². The molecule has 0 unspecified atom stereocenters. The van der Waals surface area contributed by atoms with Crippen molar-refractivity contribution in [3.63, 3.8) is 0 Å². The van der Waals surface area contributed by atoms with Crippen molar-refractivity contribution in [1.82, 2.24) is 0 Å². The van der Waals surface area contributed by atoms with Gasteiger partial charge in [0.1, 0.15) is 0 Å². The molecule has 3 nitrogen and oxygen atoms in total. The van der Waals surface area contributed by atoms with Crippen LogP contribution in [0.25, 0.3) is 11.1 Å². The molecule has 0 aliphatic rings. The summed E-state index contributed by atoms with van der Waals surface area (Å²) in [6.07, 6.45) is 0. The van der Waals surface area contributed by atoms with Crippen LogP contribution < -0.4 is 5.32 Å². The zero-order valence-corrected chi connectivity index (χ0v) is 14.7. The van der Waals surface area contributed by atoms with E-state index in [1.165, 1.54) is 0 Å². The summed E-state index contributed by atoms with van der Waals surface area (Å²) in [5.74, 6) is -0.980. The van der Waals surface area contributed by atoms with Gasteiger partial charge in [-0.05, 0) is 47.0 Å². The van der Waals surface area contributed by atoms with E-state index in [0.29, 0.717) is 22.3 Å². The SMILES string of the molecule is O=C(O)c1ccc(-c2ccccc2)cc1NCc1cc(Cl)cc(Cl)c1. The van der Waals surface area contributed by atoms with Crippen LogP contribution in [0.5, 0.6) is 0 Å². The molecule has 126 valence electrons. The Morgan fingerprint density at radius 1 is 0.880 bits per heavy atom. The number of rotatable bonds is 5. The number of carboxylic acids is 1. The molecule has 0 atom stereocenters. The lowest BCUT2D eigenvalue weighted by Crippen LogP contribution is -2.06. The third-order valence-corrected chi connectivity index (χ3v) is 4.20. The Balaban J connectivity index is 1.91. The van der Waals surface area contributed by atoms with Crippen molar-refractivity contribution in [3.05, 3.63) is 87.9 Å². The molecule has 2 N–H and O–H groups in total. The van der Waals surface area contributed by atoms with E-state index in [4.69, 9.17) is 23.2 Å². The van der Waals surface area contributed by atoms with Crippen molar-refractivity contribution in [2.75, 3.05) is 5.32 Å². The Morgan fingerprint density at radius 2 is 1.56 bits per heavy atom. The Hall–Kier alpha value is -2.49. The summed E-state index contributed by atoms with van der Waals surface area (Å²) in [4.78, 5) is 11.5. The lowest BCUT2D eigenvalue weighted by atomic mass is 10.0. The molecule has 25 heavy (non-hydrogen) atoms. The molecule has 0 saturated carbocycles. The van der Waals surface area contributed by atoms with Crippen LogP contribution in [0.2, 0.25) is 10.0 Å². The van der Waals surface area contributed by atoms with Crippen LogP contribution in [0.3, 0.4) is 0 Å². The molecule has 0 aliphatic carbocycles. The first-order chi connectivity index (χ1) is 12.0. The van der Waals surface area contributed by atoms with Gasteiger partial charge in [-0.15, -0.1) is 0 Å². The van der Waals surface area contributed by atoms with Gasteiger partial charge in [0.15, 0.2) is 0 Å². The predicted molar refractivity (Wildman–Crippen MR) is 103 cm³/mol. The Kier molecular flexibility index (Phi) is 5.27. The smallest absolute Gasteiger partial charge is 0.337 e. The third kappa shape index (κ3) is 4.32. The summed E-state index contributed by atoms with van der Waals surface area (Å²) in [7, 11) is 0. The maximum Gasteiger partial charge on any atom is 0.337 e. The van der Waals surface area contributed by atoms with Crippen LogP contribution in [0.4, 0.5) is 5.69 Å². The van der Waals surface area contributed by atoms with E-state index in [0.717, 1.165) is 16.7 Å². The number of hydrogen-bond acceptors (Lipinski definition) is 2. The van der Waals surface area contributed by atoms with E-state index in [1.807, 2.05) is 36.4 Å². The summed E-state index contributed by atoms with van der Waals surface area (Å²) in [5.41, 5.74) is 3.60. The van der Waals surface area contributed by atoms with Gasteiger partial charge in [-0.3, -0.25) is 0 Å². The molecule has 0 bridgehead atoms. The van der Waals surface area contributed by atoms with Crippen molar-refractivity contribution in [1.29, 1.82) is 0 Å². The third-order valence-electron chi connectivity index (χ3n) is 3.76. The molecule has 0 saturated heterocycles. The number of aromatic carboxylic acids is 1. The van der Waals surface area contributed by atoms with Gasteiger partial charge in [0.2, 0.25) is 0 Å². The van der Waals surface area contributed by atoms with E-state index >= 15 is 0 Å². The number of carbonyl (C=O) groups is 1. The fourth-order valence-corrected chi connectivity index (χ4v) is 3.17. The number of nitrogens with one attached hydrogen (secondary N) is 1. The van der Waals surface area contributed by atoms with Crippen molar-refractivity contribution in [2.24, 2.45) is 0 Å².